The van der Waals surface area contributed by atoms with E-state index in [-0.39, 0.29) is 35.3 Å². The number of phenolic OH excluding ortho intramolecular Hbond substituents is 1. The molecule has 1 aromatic heterocycles. The average Bonchev–Trinajstić information content (AvgIpc) is 2.32. The third-order valence-electron chi connectivity index (χ3n) is 1.86. The van der Waals surface area contributed by atoms with E-state index in [1.54, 1.807) is 24.4 Å². The predicted molar refractivity (Wildman–Crippen MR) is 56.0 cm³/mol. The Morgan fingerprint density at radius 2 is 1.94 bits per heavy atom. The average molecular weight is 237 g/mol. The molecule has 0 amide bonds. The van der Waals surface area contributed by atoms with Crippen LogP contribution in [0.4, 0.5) is 11.5 Å². The molecule has 0 fully saturated rings. The Labute approximate surface area is 120 Å². The van der Waals surface area contributed by atoms with Crippen molar-refractivity contribution < 1.29 is 39.8 Å². The van der Waals surface area contributed by atoms with Gasteiger partial charge in [0.15, 0.2) is 5.82 Å². The fourth-order valence-electron chi connectivity index (χ4n) is 1.09. The Kier molecular flexibility index (Phi) is 5.09. The summed E-state index contributed by atoms with van der Waals surface area (Å²) in [5, 5.41) is 27.8. The molecule has 0 saturated carbocycles. The molecule has 0 bridgehead atoms. The number of aromatic nitrogens is 1. The van der Waals surface area contributed by atoms with Crippen LogP contribution < -0.4 is 34.7 Å². The smallest absolute Gasteiger partial charge is 0.870 e. The van der Waals surface area contributed by atoms with Crippen molar-refractivity contribution in [3.63, 3.8) is 0 Å². The number of hydrogen-bond acceptors (Lipinski definition) is 5. The topological polar surface area (TPSA) is 80.9 Å². The number of rotatable bonds is 2. The normalized spacial score (nSPS) is 10.1. The van der Waals surface area contributed by atoms with Gasteiger partial charge in [-0.15, -0.1) is 10.2 Å². The molecule has 1 aromatic carbocycles. The number of hydrogen-bond donors (Lipinski definition) is 1. The van der Waals surface area contributed by atoms with Crippen LogP contribution in [0.3, 0.4) is 0 Å². The molecule has 0 aliphatic carbocycles. The van der Waals surface area contributed by atoms with Gasteiger partial charge in [-0.25, -0.2) is 4.98 Å². The van der Waals surface area contributed by atoms with E-state index in [1.807, 2.05) is 0 Å². The van der Waals surface area contributed by atoms with E-state index in [4.69, 9.17) is 5.11 Å². The maximum atomic E-state index is 10.9. The molecule has 80 valence electrons. The van der Waals surface area contributed by atoms with Gasteiger partial charge in [0, 0.05) is 12.3 Å². The molecule has 0 aliphatic heterocycles. The summed E-state index contributed by atoms with van der Waals surface area (Å²) >= 11 is 0. The minimum atomic E-state index is -0.434. The number of nitrogens with zero attached hydrogens (tertiary/aromatic N) is 3. The van der Waals surface area contributed by atoms with Gasteiger partial charge in [-0.3, -0.25) is 0 Å². The summed E-state index contributed by atoms with van der Waals surface area (Å²) in [6, 6.07) is 9.24. The Morgan fingerprint density at radius 3 is 2.59 bits per heavy atom. The number of benzene rings is 1. The van der Waals surface area contributed by atoms with Crippen molar-refractivity contribution in [1.29, 1.82) is 0 Å². The van der Waals surface area contributed by atoms with Gasteiger partial charge in [-0.1, -0.05) is 17.9 Å². The molecule has 2 rings (SSSR count). The molecule has 2 aromatic rings. The summed E-state index contributed by atoms with van der Waals surface area (Å²) < 4.78 is 0. The first kappa shape index (κ1) is 13.6. The van der Waals surface area contributed by atoms with Crippen molar-refractivity contribution >= 4 is 11.5 Å². The molecule has 5 nitrogen and oxygen atoms in total. The number of azo groups is 1. The molecule has 0 aliphatic rings. The van der Waals surface area contributed by atoms with Crippen LogP contribution >= 0.6 is 0 Å². The Balaban J connectivity index is 0.00000144. The number of pyridine rings is 1. The molecule has 0 saturated heterocycles. The third-order valence-corrected chi connectivity index (χ3v) is 1.86. The molecule has 6 heteroatoms. The van der Waals surface area contributed by atoms with Crippen LogP contribution in [-0.2, 0) is 0 Å². The van der Waals surface area contributed by atoms with Gasteiger partial charge in [0.05, 0.1) is 5.69 Å². The zero-order chi connectivity index (χ0) is 11.4. The third kappa shape index (κ3) is 3.81. The second-order valence-corrected chi connectivity index (χ2v) is 3.04. The summed E-state index contributed by atoms with van der Waals surface area (Å²) in [5.41, 5.74) is 0.405. The first-order valence-electron chi connectivity index (χ1n) is 4.58. The van der Waals surface area contributed by atoms with Gasteiger partial charge in [0.25, 0.3) is 0 Å². The van der Waals surface area contributed by atoms with Crippen LogP contribution in [0.5, 0.6) is 11.5 Å². The van der Waals surface area contributed by atoms with Gasteiger partial charge in [0.2, 0.25) is 0 Å². The SMILES string of the molecule is [Na+].[O-]c1ccc(N=Nc2ccccn2)cc1O. The summed E-state index contributed by atoms with van der Waals surface area (Å²) in [5.74, 6) is -0.303. The van der Waals surface area contributed by atoms with Gasteiger partial charge >= 0.3 is 29.6 Å². The van der Waals surface area contributed by atoms with E-state index in [9.17, 15) is 5.11 Å². The summed E-state index contributed by atoms with van der Waals surface area (Å²) in [6.07, 6.45) is 1.60. The quantitative estimate of drug-likeness (QED) is 0.553. The molecular formula is C11H8N3NaO2. The van der Waals surface area contributed by atoms with Crippen LogP contribution in [0.1, 0.15) is 0 Å². The molecule has 0 atom stereocenters. The molecule has 17 heavy (non-hydrogen) atoms. The van der Waals surface area contributed by atoms with E-state index in [0.29, 0.717) is 11.5 Å². The van der Waals surface area contributed by atoms with E-state index >= 15 is 0 Å². The summed E-state index contributed by atoms with van der Waals surface area (Å²) in [7, 11) is 0. The second-order valence-electron chi connectivity index (χ2n) is 3.04. The van der Waals surface area contributed by atoms with E-state index in [1.165, 1.54) is 18.2 Å². The van der Waals surface area contributed by atoms with E-state index in [2.05, 4.69) is 15.2 Å². The Morgan fingerprint density at radius 1 is 1.12 bits per heavy atom. The zero-order valence-electron chi connectivity index (χ0n) is 9.24. The number of aromatic hydroxyl groups is 1. The molecule has 1 N–H and O–H groups in total. The van der Waals surface area contributed by atoms with Crippen LogP contribution in [0.2, 0.25) is 0 Å². The first-order valence-corrected chi connectivity index (χ1v) is 4.58. The maximum Gasteiger partial charge on any atom is 1.00 e. The summed E-state index contributed by atoms with van der Waals surface area (Å²) in [6.45, 7) is 0. The van der Waals surface area contributed by atoms with Gasteiger partial charge in [-0.05, 0) is 18.2 Å². The van der Waals surface area contributed by atoms with Crippen molar-refractivity contribution in [2.24, 2.45) is 10.2 Å². The van der Waals surface area contributed by atoms with Crippen molar-refractivity contribution in [2.45, 2.75) is 0 Å². The van der Waals surface area contributed by atoms with Gasteiger partial charge < -0.3 is 10.2 Å². The van der Waals surface area contributed by atoms with Crippen molar-refractivity contribution in [3.8, 4) is 11.5 Å². The summed E-state index contributed by atoms with van der Waals surface area (Å²) in [4.78, 5) is 3.95. The van der Waals surface area contributed by atoms with Gasteiger partial charge in [0.1, 0.15) is 5.75 Å². The molecule has 0 unspecified atom stereocenters. The first-order chi connectivity index (χ1) is 7.75. The Hall–Kier alpha value is -1.43. The van der Waals surface area contributed by atoms with Crippen LogP contribution in [0, 0.1) is 0 Å². The fraction of sp³-hybridized carbons (Fsp3) is 0. The fourth-order valence-corrected chi connectivity index (χ4v) is 1.09. The van der Waals surface area contributed by atoms with Crippen molar-refractivity contribution in [3.05, 3.63) is 42.6 Å². The second kappa shape index (κ2) is 6.34. The monoisotopic (exact) mass is 237 g/mol. The minimum absolute atomic E-state index is 0. The maximum absolute atomic E-state index is 10.9. The zero-order valence-corrected chi connectivity index (χ0v) is 11.2. The number of phenols is 1. The van der Waals surface area contributed by atoms with E-state index < -0.39 is 5.75 Å². The minimum Gasteiger partial charge on any atom is -0.870 e. The van der Waals surface area contributed by atoms with Crippen LogP contribution in [0.15, 0.2) is 52.8 Å². The molecule has 0 spiro atoms. The van der Waals surface area contributed by atoms with Crippen LogP contribution in [-0.4, -0.2) is 10.1 Å². The van der Waals surface area contributed by atoms with Gasteiger partial charge in [-0.2, -0.15) is 0 Å². The molecule has 1 heterocycles. The largest absolute Gasteiger partial charge is 1.00 e. The standard InChI is InChI=1S/C11H9N3O2.Na/c15-9-5-4-8(7-10(9)16)13-14-11-3-1-2-6-12-11;/h1-7,15-16H;/q;+1/p-1. The van der Waals surface area contributed by atoms with Crippen LogP contribution in [0.25, 0.3) is 0 Å². The van der Waals surface area contributed by atoms with Crippen molar-refractivity contribution in [1.82, 2.24) is 4.98 Å². The molecular weight excluding hydrogens is 229 g/mol. The molecule has 0 radical (unpaired) electrons. The van der Waals surface area contributed by atoms with E-state index in [0.717, 1.165) is 0 Å². The van der Waals surface area contributed by atoms with Crippen molar-refractivity contribution in [2.75, 3.05) is 0 Å². The predicted octanol–water partition coefficient (Wildman–Crippen LogP) is -0.720. The Bertz CT molecular complexity index is 517.